The fraction of sp³-hybridized carbons (Fsp3) is 0.167. The van der Waals surface area contributed by atoms with Crippen molar-refractivity contribution >= 4 is 11.8 Å². The zero-order chi connectivity index (χ0) is 19.3. The Morgan fingerprint density at radius 3 is 2.27 bits per heavy atom. The third kappa shape index (κ3) is 4.60. The average Bonchev–Trinajstić information content (AvgIpc) is 2.60. The van der Waals surface area contributed by atoms with E-state index in [0.29, 0.717) is 11.1 Å². The van der Waals surface area contributed by atoms with Crippen LogP contribution in [0.4, 0.5) is 13.2 Å². The Kier molecular flexibility index (Phi) is 5.62. The molecule has 0 saturated carbocycles. The van der Waals surface area contributed by atoms with Crippen molar-refractivity contribution < 1.29 is 22.8 Å². The summed E-state index contributed by atoms with van der Waals surface area (Å²) in [7, 11) is 0. The molecular formula is C18H14F3N3O2. The Morgan fingerprint density at radius 2 is 1.73 bits per heavy atom. The van der Waals surface area contributed by atoms with Gasteiger partial charge >= 0.3 is 6.18 Å². The van der Waals surface area contributed by atoms with Gasteiger partial charge in [-0.3, -0.25) is 9.59 Å². The van der Waals surface area contributed by atoms with Crippen LogP contribution in [0.1, 0.15) is 27.0 Å². The van der Waals surface area contributed by atoms with E-state index in [1.165, 1.54) is 0 Å². The van der Waals surface area contributed by atoms with Crippen LogP contribution in [0.25, 0.3) is 0 Å². The predicted octanol–water partition coefficient (Wildman–Crippen LogP) is 2.40. The fourth-order valence-electron chi connectivity index (χ4n) is 2.30. The molecule has 0 fully saturated rings. The number of primary amides is 1. The number of hydrogen-bond acceptors (Lipinski definition) is 3. The smallest absolute Gasteiger partial charge is 0.368 e. The summed E-state index contributed by atoms with van der Waals surface area (Å²) in [4.78, 5) is 23.8. The molecule has 2 aromatic carbocycles. The molecule has 2 rings (SSSR count). The van der Waals surface area contributed by atoms with Crippen molar-refractivity contribution in [2.75, 3.05) is 0 Å². The van der Waals surface area contributed by atoms with Crippen molar-refractivity contribution in [1.82, 2.24) is 5.32 Å². The van der Waals surface area contributed by atoms with Crippen LogP contribution in [0, 0.1) is 11.3 Å². The summed E-state index contributed by atoms with van der Waals surface area (Å²) in [6.45, 7) is 0. The van der Waals surface area contributed by atoms with Crippen molar-refractivity contribution in [2.45, 2.75) is 18.6 Å². The van der Waals surface area contributed by atoms with Crippen LogP contribution in [0.15, 0.2) is 48.5 Å². The van der Waals surface area contributed by atoms with Gasteiger partial charge in [0.2, 0.25) is 5.91 Å². The fourth-order valence-corrected chi connectivity index (χ4v) is 2.30. The van der Waals surface area contributed by atoms with Crippen molar-refractivity contribution in [1.29, 1.82) is 5.26 Å². The van der Waals surface area contributed by atoms with Crippen LogP contribution in [0.5, 0.6) is 0 Å². The SMILES string of the molecule is N#Cc1ccccc1C[C@H](NC(=O)c1ccc(C(F)(F)F)cc1)C(N)=O. The number of carbonyl (C=O) groups excluding carboxylic acids is 2. The number of amides is 2. The van der Waals surface area contributed by atoms with Crippen molar-refractivity contribution in [3.63, 3.8) is 0 Å². The summed E-state index contributed by atoms with van der Waals surface area (Å²) in [5, 5.41) is 11.5. The predicted molar refractivity (Wildman–Crippen MR) is 86.8 cm³/mol. The van der Waals surface area contributed by atoms with Gasteiger partial charge in [0, 0.05) is 12.0 Å². The number of nitrogens with one attached hydrogen (secondary N) is 1. The largest absolute Gasteiger partial charge is 0.416 e. The number of nitriles is 1. The normalized spacial score (nSPS) is 12.1. The second-order valence-corrected chi connectivity index (χ2v) is 5.48. The maximum atomic E-state index is 12.6. The van der Waals surface area contributed by atoms with E-state index in [9.17, 15) is 22.8 Å². The summed E-state index contributed by atoms with van der Waals surface area (Å²) >= 11 is 0. The van der Waals surface area contributed by atoms with Crippen LogP contribution in [0.3, 0.4) is 0 Å². The lowest BCUT2D eigenvalue weighted by Crippen LogP contribution is -2.46. The number of carbonyl (C=O) groups is 2. The minimum absolute atomic E-state index is 0.00849. The van der Waals surface area contributed by atoms with E-state index >= 15 is 0 Å². The number of halogens is 3. The highest BCUT2D eigenvalue weighted by Crippen LogP contribution is 2.29. The first kappa shape index (κ1) is 19.0. The Labute approximate surface area is 147 Å². The summed E-state index contributed by atoms with van der Waals surface area (Å²) in [5.74, 6) is -1.56. The van der Waals surface area contributed by atoms with Gasteiger partial charge in [-0.1, -0.05) is 18.2 Å². The van der Waals surface area contributed by atoms with Gasteiger partial charge in [-0.25, -0.2) is 0 Å². The van der Waals surface area contributed by atoms with E-state index < -0.39 is 29.6 Å². The number of alkyl halides is 3. The van der Waals surface area contributed by atoms with E-state index in [0.717, 1.165) is 24.3 Å². The summed E-state index contributed by atoms with van der Waals surface area (Å²) in [6, 6.07) is 11.0. The van der Waals surface area contributed by atoms with Gasteiger partial charge in [0.1, 0.15) is 6.04 Å². The van der Waals surface area contributed by atoms with Crippen molar-refractivity contribution in [3.8, 4) is 6.07 Å². The highest BCUT2D eigenvalue weighted by Gasteiger charge is 2.30. The van der Waals surface area contributed by atoms with E-state index in [1.807, 2.05) is 6.07 Å². The van der Waals surface area contributed by atoms with Crippen LogP contribution < -0.4 is 11.1 Å². The van der Waals surface area contributed by atoms with Gasteiger partial charge in [-0.2, -0.15) is 18.4 Å². The molecule has 0 saturated heterocycles. The molecule has 3 N–H and O–H groups in total. The maximum Gasteiger partial charge on any atom is 0.416 e. The summed E-state index contributed by atoms with van der Waals surface area (Å²) < 4.78 is 37.7. The lowest BCUT2D eigenvalue weighted by Gasteiger charge is -2.16. The minimum Gasteiger partial charge on any atom is -0.368 e. The molecule has 134 valence electrons. The van der Waals surface area contributed by atoms with Crippen LogP contribution in [-0.2, 0) is 17.4 Å². The first-order valence-electron chi connectivity index (χ1n) is 7.48. The Hall–Kier alpha value is -3.34. The van der Waals surface area contributed by atoms with Gasteiger partial charge in [-0.15, -0.1) is 0 Å². The highest BCUT2D eigenvalue weighted by atomic mass is 19.4. The van der Waals surface area contributed by atoms with E-state index in [-0.39, 0.29) is 12.0 Å². The molecule has 0 spiro atoms. The van der Waals surface area contributed by atoms with Crippen molar-refractivity contribution in [3.05, 3.63) is 70.8 Å². The molecule has 0 aliphatic rings. The molecule has 26 heavy (non-hydrogen) atoms. The molecule has 0 aromatic heterocycles. The average molecular weight is 361 g/mol. The summed E-state index contributed by atoms with van der Waals surface area (Å²) in [5.41, 5.74) is 5.22. The third-order valence-electron chi connectivity index (χ3n) is 3.69. The highest BCUT2D eigenvalue weighted by molar-refractivity contribution is 5.97. The minimum atomic E-state index is -4.51. The maximum absolute atomic E-state index is 12.6. The lowest BCUT2D eigenvalue weighted by molar-refractivity contribution is -0.137. The molecule has 2 amide bonds. The lowest BCUT2D eigenvalue weighted by atomic mass is 10.00. The number of rotatable bonds is 5. The van der Waals surface area contributed by atoms with Crippen LogP contribution >= 0.6 is 0 Å². The molecule has 0 unspecified atom stereocenters. The monoisotopic (exact) mass is 361 g/mol. The molecule has 2 aromatic rings. The number of nitrogens with two attached hydrogens (primary N) is 1. The first-order chi connectivity index (χ1) is 12.2. The van der Waals surface area contributed by atoms with Gasteiger partial charge in [0.15, 0.2) is 0 Å². The van der Waals surface area contributed by atoms with E-state index in [2.05, 4.69) is 5.32 Å². The molecule has 0 bridgehead atoms. The Bertz CT molecular complexity index is 855. The Balaban J connectivity index is 2.16. The molecule has 8 heteroatoms. The first-order valence-corrected chi connectivity index (χ1v) is 7.48. The second kappa shape index (κ2) is 7.70. The van der Waals surface area contributed by atoms with Crippen LogP contribution in [0.2, 0.25) is 0 Å². The van der Waals surface area contributed by atoms with E-state index in [1.54, 1.807) is 24.3 Å². The number of hydrogen-bond donors (Lipinski definition) is 2. The zero-order valence-corrected chi connectivity index (χ0v) is 13.4. The topological polar surface area (TPSA) is 96.0 Å². The molecular weight excluding hydrogens is 347 g/mol. The van der Waals surface area contributed by atoms with E-state index in [4.69, 9.17) is 11.0 Å². The van der Waals surface area contributed by atoms with Gasteiger partial charge in [0.05, 0.1) is 17.2 Å². The zero-order valence-electron chi connectivity index (χ0n) is 13.4. The molecule has 0 aliphatic carbocycles. The molecule has 0 aliphatic heterocycles. The molecule has 0 radical (unpaired) electrons. The van der Waals surface area contributed by atoms with Gasteiger partial charge in [-0.05, 0) is 35.9 Å². The molecule has 5 nitrogen and oxygen atoms in total. The van der Waals surface area contributed by atoms with Gasteiger partial charge in [0.25, 0.3) is 5.91 Å². The van der Waals surface area contributed by atoms with Gasteiger partial charge < -0.3 is 11.1 Å². The quantitative estimate of drug-likeness (QED) is 0.856. The molecule has 0 heterocycles. The van der Waals surface area contributed by atoms with Crippen LogP contribution in [-0.4, -0.2) is 17.9 Å². The standard InChI is InChI=1S/C18H14F3N3O2/c19-18(20,21)14-7-5-11(6-8-14)17(26)24-15(16(23)25)9-12-3-1-2-4-13(12)10-22/h1-8,15H,9H2,(H2,23,25)(H,24,26)/t15-/m0/s1. The molecule has 1 atom stereocenters. The Morgan fingerprint density at radius 1 is 1.12 bits per heavy atom. The van der Waals surface area contributed by atoms with Crippen molar-refractivity contribution in [2.24, 2.45) is 5.73 Å². The second-order valence-electron chi connectivity index (χ2n) is 5.48. The third-order valence-corrected chi connectivity index (χ3v) is 3.69. The summed E-state index contributed by atoms with van der Waals surface area (Å²) in [6.07, 6.45) is -4.52. The number of nitrogens with zero attached hydrogens (tertiary/aromatic N) is 1. The number of benzene rings is 2.